The normalized spacial score (nSPS) is 23.1. The third-order valence-corrected chi connectivity index (χ3v) is 4.14. The topological polar surface area (TPSA) is 30.9 Å². The first kappa shape index (κ1) is 15.6. The molecular weight excluding hydrogens is 299 g/mol. The maximum absolute atomic E-state index is 13.6. The van der Waals surface area contributed by atoms with E-state index in [0.29, 0.717) is 25.4 Å². The van der Waals surface area contributed by atoms with Gasteiger partial charge < -0.3 is 14.2 Å². The van der Waals surface area contributed by atoms with Crippen LogP contribution in [0.1, 0.15) is 18.0 Å². The smallest absolute Gasteiger partial charge is 0.408 e. The third-order valence-electron chi connectivity index (χ3n) is 4.14. The average molecular weight is 317 g/mol. The maximum Gasteiger partial charge on any atom is 0.408 e. The summed E-state index contributed by atoms with van der Waals surface area (Å²) >= 11 is 0. The standard InChI is InChI=1S/C15H18F3NO3/c1-20-12-4-2-11(3-5-12)13(15(16,17)18)19-7-6-14(10-19)21-8-9-22-14/h2-5,13H,6-10H2,1H3. The van der Waals surface area contributed by atoms with Gasteiger partial charge in [0.25, 0.3) is 0 Å². The summed E-state index contributed by atoms with van der Waals surface area (Å²) in [4.78, 5) is 1.38. The van der Waals surface area contributed by atoms with Crippen molar-refractivity contribution < 1.29 is 27.4 Å². The van der Waals surface area contributed by atoms with Gasteiger partial charge in [0.1, 0.15) is 11.8 Å². The lowest BCUT2D eigenvalue weighted by Crippen LogP contribution is -2.40. The molecule has 7 heteroatoms. The van der Waals surface area contributed by atoms with Gasteiger partial charge in [-0.3, -0.25) is 4.90 Å². The number of alkyl halides is 3. The van der Waals surface area contributed by atoms with E-state index in [1.165, 1.54) is 24.1 Å². The van der Waals surface area contributed by atoms with Gasteiger partial charge in [-0.05, 0) is 17.7 Å². The van der Waals surface area contributed by atoms with Gasteiger partial charge in [0.05, 0.1) is 26.9 Å². The highest BCUT2D eigenvalue weighted by molar-refractivity contribution is 5.30. The van der Waals surface area contributed by atoms with Crippen LogP contribution in [0.4, 0.5) is 13.2 Å². The molecular formula is C15H18F3NO3. The number of halogens is 3. The van der Waals surface area contributed by atoms with Crippen LogP contribution < -0.4 is 4.74 Å². The van der Waals surface area contributed by atoms with Crippen LogP contribution in [0.25, 0.3) is 0 Å². The monoisotopic (exact) mass is 317 g/mol. The average Bonchev–Trinajstić information content (AvgIpc) is 3.09. The van der Waals surface area contributed by atoms with Gasteiger partial charge in [0.15, 0.2) is 5.79 Å². The molecule has 0 saturated carbocycles. The largest absolute Gasteiger partial charge is 0.497 e. The number of rotatable bonds is 3. The molecule has 0 aliphatic carbocycles. The Morgan fingerprint density at radius 3 is 2.36 bits per heavy atom. The number of hydrogen-bond donors (Lipinski definition) is 0. The van der Waals surface area contributed by atoms with E-state index in [2.05, 4.69) is 0 Å². The second-order valence-electron chi connectivity index (χ2n) is 5.55. The highest BCUT2D eigenvalue weighted by Gasteiger charge is 2.52. The molecule has 2 aliphatic heterocycles. The highest BCUT2D eigenvalue weighted by Crippen LogP contribution is 2.43. The summed E-state index contributed by atoms with van der Waals surface area (Å²) in [7, 11) is 1.48. The van der Waals surface area contributed by atoms with E-state index in [1.807, 2.05) is 0 Å². The van der Waals surface area contributed by atoms with E-state index in [9.17, 15) is 13.2 Å². The maximum atomic E-state index is 13.6. The molecule has 2 heterocycles. The second-order valence-corrected chi connectivity index (χ2v) is 5.55. The van der Waals surface area contributed by atoms with Gasteiger partial charge in [0, 0.05) is 13.0 Å². The van der Waals surface area contributed by atoms with Crippen molar-refractivity contribution in [1.29, 1.82) is 0 Å². The van der Waals surface area contributed by atoms with E-state index in [0.717, 1.165) is 0 Å². The highest BCUT2D eigenvalue weighted by atomic mass is 19.4. The molecule has 0 radical (unpaired) electrons. The number of benzene rings is 1. The minimum Gasteiger partial charge on any atom is -0.497 e. The van der Waals surface area contributed by atoms with Crippen molar-refractivity contribution in [2.45, 2.75) is 24.4 Å². The molecule has 2 aliphatic rings. The lowest BCUT2D eigenvalue weighted by atomic mass is 10.0. The first-order valence-electron chi connectivity index (χ1n) is 7.16. The molecule has 22 heavy (non-hydrogen) atoms. The van der Waals surface area contributed by atoms with Crippen LogP contribution in [0, 0.1) is 0 Å². The lowest BCUT2D eigenvalue weighted by molar-refractivity contribution is -0.194. The Morgan fingerprint density at radius 2 is 1.82 bits per heavy atom. The fraction of sp³-hybridized carbons (Fsp3) is 0.600. The molecule has 1 atom stereocenters. The van der Waals surface area contributed by atoms with E-state index < -0.39 is 18.0 Å². The quantitative estimate of drug-likeness (QED) is 0.858. The van der Waals surface area contributed by atoms with Crippen molar-refractivity contribution in [3.63, 3.8) is 0 Å². The van der Waals surface area contributed by atoms with Crippen molar-refractivity contribution in [2.75, 3.05) is 33.4 Å². The summed E-state index contributed by atoms with van der Waals surface area (Å²) in [5.74, 6) is -0.333. The summed E-state index contributed by atoms with van der Waals surface area (Å²) in [6, 6.07) is 4.34. The van der Waals surface area contributed by atoms with Crippen LogP contribution in [0.5, 0.6) is 5.75 Å². The molecule has 3 rings (SSSR count). The van der Waals surface area contributed by atoms with Crippen LogP contribution in [0.15, 0.2) is 24.3 Å². The van der Waals surface area contributed by atoms with Crippen LogP contribution in [-0.4, -0.2) is 50.3 Å². The summed E-state index contributed by atoms with van der Waals surface area (Å²) in [5.41, 5.74) is 0.198. The molecule has 0 aromatic heterocycles. The Kier molecular flexibility index (Phi) is 4.05. The molecule has 2 fully saturated rings. The predicted octanol–water partition coefficient (Wildman–Crippen LogP) is 2.75. The number of nitrogens with zero attached hydrogens (tertiary/aromatic N) is 1. The van der Waals surface area contributed by atoms with Crippen molar-refractivity contribution in [3.8, 4) is 5.75 Å². The molecule has 4 nitrogen and oxygen atoms in total. The number of likely N-dealkylation sites (tertiary alicyclic amines) is 1. The van der Waals surface area contributed by atoms with Gasteiger partial charge >= 0.3 is 6.18 Å². The molecule has 1 spiro atoms. The first-order chi connectivity index (χ1) is 10.4. The minimum absolute atomic E-state index is 0.128. The third kappa shape index (κ3) is 2.93. The van der Waals surface area contributed by atoms with E-state index in [4.69, 9.17) is 14.2 Å². The molecule has 1 aromatic rings. The van der Waals surface area contributed by atoms with Crippen LogP contribution in [-0.2, 0) is 9.47 Å². The van der Waals surface area contributed by atoms with E-state index in [-0.39, 0.29) is 18.7 Å². The van der Waals surface area contributed by atoms with Crippen molar-refractivity contribution in [1.82, 2.24) is 4.90 Å². The van der Waals surface area contributed by atoms with Crippen molar-refractivity contribution >= 4 is 0 Å². The van der Waals surface area contributed by atoms with E-state index in [1.54, 1.807) is 12.1 Å². The van der Waals surface area contributed by atoms with Gasteiger partial charge in [-0.2, -0.15) is 13.2 Å². The molecule has 1 aromatic carbocycles. The molecule has 0 amide bonds. The molecule has 0 N–H and O–H groups in total. The Labute approximate surface area is 126 Å². The lowest BCUT2D eigenvalue weighted by Gasteiger charge is -2.31. The summed E-state index contributed by atoms with van der Waals surface area (Å²) in [6.45, 7) is 1.29. The van der Waals surface area contributed by atoms with Gasteiger partial charge in [-0.15, -0.1) is 0 Å². The molecule has 2 saturated heterocycles. The zero-order valence-electron chi connectivity index (χ0n) is 12.2. The number of hydrogen-bond acceptors (Lipinski definition) is 4. The SMILES string of the molecule is COc1ccc(C(N2CCC3(C2)OCCO3)C(F)(F)F)cc1. The van der Waals surface area contributed by atoms with Gasteiger partial charge in [-0.25, -0.2) is 0 Å². The molecule has 122 valence electrons. The Bertz CT molecular complexity index is 512. The Hall–Kier alpha value is -1.31. The molecule has 0 bridgehead atoms. The molecule has 1 unspecified atom stereocenters. The summed E-state index contributed by atoms with van der Waals surface area (Å²) < 4.78 is 56.7. The van der Waals surface area contributed by atoms with Crippen LogP contribution in [0.2, 0.25) is 0 Å². The summed E-state index contributed by atoms with van der Waals surface area (Å²) in [5, 5.41) is 0. The fourth-order valence-corrected chi connectivity index (χ4v) is 3.13. The Morgan fingerprint density at radius 1 is 1.18 bits per heavy atom. The Balaban J connectivity index is 1.84. The minimum atomic E-state index is -4.36. The van der Waals surface area contributed by atoms with E-state index >= 15 is 0 Å². The van der Waals surface area contributed by atoms with Crippen molar-refractivity contribution in [3.05, 3.63) is 29.8 Å². The fourth-order valence-electron chi connectivity index (χ4n) is 3.13. The number of methoxy groups -OCH3 is 1. The zero-order valence-corrected chi connectivity index (χ0v) is 12.2. The van der Waals surface area contributed by atoms with Crippen LogP contribution >= 0.6 is 0 Å². The van der Waals surface area contributed by atoms with Gasteiger partial charge in [-0.1, -0.05) is 12.1 Å². The summed E-state index contributed by atoms with van der Waals surface area (Å²) in [6.07, 6.45) is -3.91. The second kappa shape index (κ2) is 5.72. The predicted molar refractivity (Wildman–Crippen MR) is 72.6 cm³/mol. The van der Waals surface area contributed by atoms with Crippen LogP contribution in [0.3, 0.4) is 0 Å². The number of ether oxygens (including phenoxy) is 3. The zero-order chi connectivity index (χ0) is 15.8. The van der Waals surface area contributed by atoms with Crippen molar-refractivity contribution in [2.24, 2.45) is 0 Å². The van der Waals surface area contributed by atoms with Gasteiger partial charge in [0.2, 0.25) is 0 Å². The first-order valence-corrected chi connectivity index (χ1v) is 7.16.